The summed E-state index contributed by atoms with van der Waals surface area (Å²) in [6, 6.07) is 17.8. The number of hydrogen-bond donors (Lipinski definition) is 0. The lowest BCUT2D eigenvalue weighted by Gasteiger charge is -2.10. The van der Waals surface area contributed by atoms with Crippen LogP contribution in [-0.4, -0.2) is 20.9 Å². The Morgan fingerprint density at radius 1 is 0.900 bits per heavy atom. The van der Waals surface area contributed by atoms with Gasteiger partial charge in [-0.1, -0.05) is 35.9 Å². The third-order valence-corrected chi connectivity index (χ3v) is 3.69. The minimum Gasteiger partial charge on any atom is -0.616 e. The molecule has 3 nitrogen and oxygen atoms in total. The molecule has 97 valence electrons. The van der Waals surface area contributed by atoms with Crippen molar-refractivity contribution in [3.63, 3.8) is 0 Å². The molecule has 2 aromatic carbocycles. The molecule has 0 saturated heterocycles. The van der Waals surface area contributed by atoms with Crippen molar-refractivity contribution in [2.75, 3.05) is 0 Å². The number of nitrogens with zero attached hydrogens (tertiary/aromatic N) is 1. The van der Waals surface area contributed by atoms with Crippen molar-refractivity contribution in [1.82, 2.24) is 4.98 Å². The second-order valence-corrected chi connectivity index (χ2v) is 5.14. The molecule has 0 spiro atoms. The van der Waals surface area contributed by atoms with Gasteiger partial charge in [-0.05, 0) is 31.2 Å². The molecule has 0 aliphatic heterocycles. The quantitative estimate of drug-likeness (QED) is 0.684. The van der Waals surface area contributed by atoms with Crippen LogP contribution in [-0.2, 0) is 0 Å². The molecular formula is C16H13AlNO2. The summed E-state index contributed by atoms with van der Waals surface area (Å²) in [5.74, 6) is 1.60. The molecule has 0 unspecified atom stereocenters. The Bertz CT molecular complexity index is 708. The first-order valence-electron chi connectivity index (χ1n) is 6.38. The molecule has 3 rings (SSSR count). The average molecular weight is 278 g/mol. The number of rotatable bonds is 4. The Balaban J connectivity index is 1.69. The molecule has 3 aromatic rings. The van der Waals surface area contributed by atoms with Gasteiger partial charge >= 0.3 is 15.9 Å². The van der Waals surface area contributed by atoms with Crippen LogP contribution in [0.25, 0.3) is 10.9 Å². The molecular weight excluding hydrogens is 265 g/mol. The Hall–Kier alpha value is -2.02. The Morgan fingerprint density at radius 2 is 1.70 bits per heavy atom. The molecule has 0 aliphatic carbocycles. The summed E-state index contributed by atoms with van der Waals surface area (Å²) < 4.78 is 11.4. The van der Waals surface area contributed by atoms with Gasteiger partial charge in [-0.25, -0.2) is 0 Å². The van der Waals surface area contributed by atoms with Crippen LogP contribution in [0.2, 0.25) is 0 Å². The number of benzene rings is 2. The van der Waals surface area contributed by atoms with Crippen LogP contribution in [0, 0.1) is 6.92 Å². The van der Waals surface area contributed by atoms with Crippen LogP contribution in [0.15, 0.2) is 60.8 Å². The fraction of sp³-hybridized carbons (Fsp3) is 0.0625. The second kappa shape index (κ2) is 5.96. The second-order valence-electron chi connectivity index (χ2n) is 4.48. The monoisotopic (exact) mass is 278 g/mol. The van der Waals surface area contributed by atoms with E-state index in [0.29, 0.717) is 0 Å². The topological polar surface area (TPSA) is 31.4 Å². The van der Waals surface area contributed by atoms with Gasteiger partial charge in [-0.3, -0.25) is 4.98 Å². The molecule has 4 heteroatoms. The third kappa shape index (κ3) is 2.93. The van der Waals surface area contributed by atoms with Gasteiger partial charge in [0.1, 0.15) is 11.3 Å². The highest BCUT2D eigenvalue weighted by molar-refractivity contribution is 6.21. The lowest BCUT2D eigenvalue weighted by Crippen LogP contribution is -2.11. The Morgan fingerprint density at radius 3 is 2.55 bits per heavy atom. The van der Waals surface area contributed by atoms with Gasteiger partial charge in [0.2, 0.25) is 0 Å². The van der Waals surface area contributed by atoms with Gasteiger partial charge in [-0.15, -0.1) is 0 Å². The van der Waals surface area contributed by atoms with Crippen LogP contribution in [0.1, 0.15) is 5.56 Å². The molecule has 20 heavy (non-hydrogen) atoms. The maximum Gasteiger partial charge on any atom is 0.881 e. The van der Waals surface area contributed by atoms with Crippen molar-refractivity contribution in [1.29, 1.82) is 0 Å². The van der Waals surface area contributed by atoms with Crippen molar-refractivity contribution >= 4 is 26.8 Å². The maximum absolute atomic E-state index is 5.75. The highest BCUT2D eigenvalue weighted by atomic mass is 27.2. The molecule has 1 heterocycles. The highest BCUT2D eigenvalue weighted by Crippen LogP contribution is 2.22. The van der Waals surface area contributed by atoms with Crippen LogP contribution in [0.3, 0.4) is 0 Å². The third-order valence-electron chi connectivity index (χ3n) is 2.98. The van der Waals surface area contributed by atoms with E-state index in [1.807, 2.05) is 54.6 Å². The predicted molar refractivity (Wildman–Crippen MR) is 79.9 cm³/mol. The SMILES string of the molecule is Cc1ccc([O][Al][O]c2cccc3cccnc23)cc1. The summed E-state index contributed by atoms with van der Waals surface area (Å²) in [5, 5.41) is 1.07. The first-order valence-corrected chi connectivity index (χ1v) is 7.32. The van der Waals surface area contributed by atoms with Crippen LogP contribution in [0.4, 0.5) is 0 Å². The largest absolute Gasteiger partial charge is 0.881 e. The summed E-state index contributed by atoms with van der Waals surface area (Å²) in [6.07, 6.45) is 1.77. The molecule has 0 saturated carbocycles. The summed E-state index contributed by atoms with van der Waals surface area (Å²) in [5.41, 5.74) is 2.08. The number of pyridine rings is 1. The Labute approximate surface area is 124 Å². The van der Waals surface area contributed by atoms with E-state index in [9.17, 15) is 0 Å². The van der Waals surface area contributed by atoms with Gasteiger partial charge < -0.3 is 7.58 Å². The fourth-order valence-corrected chi connectivity index (χ4v) is 2.53. The summed E-state index contributed by atoms with van der Waals surface area (Å²) in [6.45, 7) is 2.05. The lowest BCUT2D eigenvalue weighted by atomic mass is 10.2. The summed E-state index contributed by atoms with van der Waals surface area (Å²) in [7, 11) is 0. The van der Waals surface area contributed by atoms with Crippen LogP contribution < -0.4 is 7.58 Å². The normalized spacial score (nSPS) is 10.2. The van der Waals surface area contributed by atoms with Gasteiger partial charge in [-0.2, -0.15) is 0 Å². The molecule has 0 atom stereocenters. The van der Waals surface area contributed by atoms with Crippen molar-refractivity contribution < 1.29 is 7.58 Å². The highest BCUT2D eigenvalue weighted by Gasteiger charge is 2.08. The number of aromatic nitrogens is 1. The molecule has 1 radical (unpaired) electrons. The number of fused-ring (bicyclic) bond motifs is 1. The van der Waals surface area contributed by atoms with Crippen molar-refractivity contribution in [3.8, 4) is 11.5 Å². The first kappa shape index (κ1) is 13.0. The fourth-order valence-electron chi connectivity index (χ4n) is 1.92. The maximum atomic E-state index is 5.75. The van der Waals surface area contributed by atoms with Gasteiger partial charge in [0.05, 0.1) is 5.75 Å². The molecule has 0 N–H and O–H groups in total. The van der Waals surface area contributed by atoms with Crippen molar-refractivity contribution in [2.45, 2.75) is 6.92 Å². The minimum absolute atomic E-state index is 0.609. The van der Waals surface area contributed by atoms with E-state index in [1.165, 1.54) is 5.56 Å². The Kier molecular flexibility index (Phi) is 3.87. The van der Waals surface area contributed by atoms with E-state index >= 15 is 0 Å². The first-order chi connectivity index (χ1) is 9.83. The number of aryl methyl sites for hydroxylation is 1. The van der Waals surface area contributed by atoms with Crippen molar-refractivity contribution in [2.24, 2.45) is 0 Å². The predicted octanol–water partition coefficient (Wildman–Crippen LogP) is 3.54. The van der Waals surface area contributed by atoms with Gasteiger partial charge in [0.15, 0.2) is 0 Å². The minimum atomic E-state index is -0.609. The van der Waals surface area contributed by atoms with E-state index in [-0.39, 0.29) is 0 Å². The van der Waals surface area contributed by atoms with E-state index in [1.54, 1.807) is 6.20 Å². The standard InChI is InChI=1S/C9H7NO.C7H8O.Al/c11-8-5-1-3-7-4-2-6-10-9(7)8;1-6-2-4-7(8)5-3-6;/h1-6,11H;2-5,8H,1H3;/q;;+2/p-2. The molecule has 1 aromatic heterocycles. The number of hydrogen-bond acceptors (Lipinski definition) is 3. The van der Waals surface area contributed by atoms with Gasteiger partial charge in [0, 0.05) is 11.6 Å². The van der Waals surface area contributed by atoms with Gasteiger partial charge in [0.25, 0.3) is 0 Å². The van der Waals surface area contributed by atoms with Crippen LogP contribution in [0.5, 0.6) is 11.5 Å². The zero-order valence-electron chi connectivity index (χ0n) is 11.1. The van der Waals surface area contributed by atoms with E-state index in [2.05, 4.69) is 11.9 Å². The van der Waals surface area contributed by atoms with E-state index in [0.717, 1.165) is 22.4 Å². The molecule has 0 fully saturated rings. The smallest absolute Gasteiger partial charge is 0.616 e. The summed E-state index contributed by atoms with van der Waals surface area (Å²) in [4.78, 5) is 4.35. The molecule has 0 aliphatic rings. The molecule has 0 bridgehead atoms. The molecule has 0 amide bonds. The van der Waals surface area contributed by atoms with E-state index in [4.69, 9.17) is 7.58 Å². The van der Waals surface area contributed by atoms with E-state index < -0.39 is 15.9 Å². The average Bonchev–Trinajstić information content (AvgIpc) is 2.49. The number of para-hydroxylation sites is 1. The summed E-state index contributed by atoms with van der Waals surface area (Å²) >= 11 is -0.609. The lowest BCUT2D eigenvalue weighted by molar-refractivity contribution is 0.461. The van der Waals surface area contributed by atoms with Crippen molar-refractivity contribution in [3.05, 3.63) is 66.4 Å². The zero-order chi connectivity index (χ0) is 13.8. The zero-order valence-corrected chi connectivity index (χ0v) is 12.3. The van der Waals surface area contributed by atoms with Crippen LogP contribution >= 0.6 is 0 Å².